The fraction of sp³-hybridized carbons (Fsp3) is 0.944. The second-order valence-corrected chi connectivity index (χ2v) is 10.3. The predicted molar refractivity (Wildman–Crippen MR) is 106 cm³/mol. The zero-order valence-corrected chi connectivity index (χ0v) is 18.1. The van der Waals surface area contributed by atoms with Gasteiger partial charge in [-0.3, -0.25) is 4.90 Å². The van der Waals surface area contributed by atoms with Crippen molar-refractivity contribution in [3.05, 3.63) is 0 Å². The minimum atomic E-state index is -3.43. The molecule has 0 atom stereocenters. The summed E-state index contributed by atoms with van der Waals surface area (Å²) in [5, 5.41) is 0. The summed E-state index contributed by atoms with van der Waals surface area (Å²) in [6.07, 6.45) is 5.03. The van der Waals surface area contributed by atoms with Crippen LogP contribution in [0.1, 0.15) is 52.9 Å². The summed E-state index contributed by atoms with van der Waals surface area (Å²) in [5.74, 6) is 0. The van der Waals surface area contributed by atoms with Gasteiger partial charge in [-0.15, -0.1) is 0 Å². The zero-order chi connectivity index (χ0) is 20.1. The molecular weight excluding hydrogens is 368 g/mol. The summed E-state index contributed by atoms with van der Waals surface area (Å²) in [6, 6.07) is 0.119. The minimum absolute atomic E-state index is 0.119. The molecule has 1 amide bonds. The Bertz CT molecular complexity index is 577. The van der Waals surface area contributed by atoms with E-state index in [9.17, 15) is 13.2 Å². The number of amides is 1. The van der Waals surface area contributed by atoms with Crippen molar-refractivity contribution in [1.82, 2.24) is 18.8 Å². The van der Waals surface area contributed by atoms with Crippen molar-refractivity contribution in [3.63, 3.8) is 0 Å². The van der Waals surface area contributed by atoms with Crippen LogP contribution in [0.4, 0.5) is 4.79 Å². The van der Waals surface area contributed by atoms with E-state index in [1.807, 2.05) is 20.8 Å². The van der Waals surface area contributed by atoms with Gasteiger partial charge in [-0.2, -0.15) is 12.7 Å². The third kappa shape index (κ3) is 7.21. The van der Waals surface area contributed by atoms with Gasteiger partial charge in [-0.25, -0.2) is 9.52 Å². The van der Waals surface area contributed by atoms with E-state index in [0.717, 1.165) is 38.8 Å². The van der Waals surface area contributed by atoms with Crippen molar-refractivity contribution in [2.75, 3.05) is 46.3 Å². The topological polar surface area (TPSA) is 82.2 Å². The summed E-state index contributed by atoms with van der Waals surface area (Å²) in [4.78, 5) is 16.0. The lowest BCUT2D eigenvalue weighted by Gasteiger charge is -2.35. The summed E-state index contributed by atoms with van der Waals surface area (Å²) >= 11 is 0. The number of ether oxygens (including phenoxy) is 1. The Labute approximate surface area is 164 Å². The first-order chi connectivity index (χ1) is 12.6. The van der Waals surface area contributed by atoms with Gasteiger partial charge in [0.15, 0.2) is 0 Å². The Morgan fingerprint density at radius 3 is 2.26 bits per heavy atom. The molecule has 0 aromatic heterocycles. The molecule has 1 N–H and O–H groups in total. The van der Waals surface area contributed by atoms with Crippen molar-refractivity contribution in [2.45, 2.75) is 64.5 Å². The van der Waals surface area contributed by atoms with E-state index < -0.39 is 15.8 Å². The molecule has 158 valence electrons. The van der Waals surface area contributed by atoms with E-state index in [-0.39, 0.29) is 12.1 Å². The number of hydrogen-bond acceptors (Lipinski definition) is 5. The third-order valence-corrected chi connectivity index (χ3v) is 6.83. The van der Waals surface area contributed by atoms with E-state index in [0.29, 0.717) is 26.2 Å². The lowest BCUT2D eigenvalue weighted by molar-refractivity contribution is 0.0147. The highest BCUT2D eigenvalue weighted by Crippen LogP contribution is 2.22. The van der Waals surface area contributed by atoms with Gasteiger partial charge in [-0.1, -0.05) is 19.3 Å². The smallest absolute Gasteiger partial charge is 0.410 e. The summed E-state index contributed by atoms with van der Waals surface area (Å²) in [5.41, 5.74) is -0.489. The maximum Gasteiger partial charge on any atom is 0.410 e. The number of carbonyl (C=O) groups is 1. The van der Waals surface area contributed by atoms with Crippen LogP contribution >= 0.6 is 0 Å². The molecule has 1 aliphatic heterocycles. The highest BCUT2D eigenvalue weighted by Gasteiger charge is 2.28. The zero-order valence-electron chi connectivity index (χ0n) is 17.2. The molecule has 1 heterocycles. The van der Waals surface area contributed by atoms with Gasteiger partial charge in [0.1, 0.15) is 5.60 Å². The summed E-state index contributed by atoms with van der Waals surface area (Å²) in [7, 11) is -1.75. The Hall–Kier alpha value is -0.900. The van der Waals surface area contributed by atoms with E-state index >= 15 is 0 Å². The highest BCUT2D eigenvalue weighted by atomic mass is 32.2. The Balaban J connectivity index is 1.69. The molecule has 0 aromatic rings. The molecule has 27 heavy (non-hydrogen) atoms. The van der Waals surface area contributed by atoms with E-state index in [2.05, 4.69) is 9.62 Å². The number of nitrogens with one attached hydrogen (secondary N) is 1. The van der Waals surface area contributed by atoms with E-state index in [4.69, 9.17) is 4.74 Å². The SMILES string of the molecule is CN(C1CCCCC1)S(=O)(=O)NCCN1CCN(C(=O)OC(C)(C)C)CC1. The molecule has 0 aromatic carbocycles. The molecule has 2 aliphatic rings. The van der Waals surface area contributed by atoms with Gasteiger partial charge >= 0.3 is 6.09 Å². The number of nitrogens with zero attached hydrogens (tertiary/aromatic N) is 3. The first kappa shape index (κ1) is 22.4. The number of hydrogen-bond donors (Lipinski definition) is 1. The van der Waals surface area contributed by atoms with Crippen LogP contribution in [0.2, 0.25) is 0 Å². The lowest BCUT2D eigenvalue weighted by atomic mass is 9.96. The van der Waals surface area contributed by atoms with Crippen LogP contribution in [0.15, 0.2) is 0 Å². The van der Waals surface area contributed by atoms with E-state index in [1.54, 1.807) is 11.9 Å². The number of rotatable bonds is 6. The fourth-order valence-corrected chi connectivity index (χ4v) is 4.71. The fourth-order valence-electron chi connectivity index (χ4n) is 3.56. The Morgan fingerprint density at radius 1 is 1.11 bits per heavy atom. The maximum atomic E-state index is 12.5. The molecule has 1 saturated carbocycles. The van der Waals surface area contributed by atoms with Crippen LogP contribution in [0.25, 0.3) is 0 Å². The summed E-state index contributed by atoms with van der Waals surface area (Å²) < 4.78 is 34.6. The van der Waals surface area contributed by atoms with Crippen molar-refractivity contribution in [1.29, 1.82) is 0 Å². The molecule has 0 radical (unpaired) electrons. The van der Waals surface area contributed by atoms with Gasteiger partial charge < -0.3 is 9.64 Å². The monoisotopic (exact) mass is 404 g/mol. The summed E-state index contributed by atoms with van der Waals surface area (Å²) in [6.45, 7) is 9.24. The molecule has 8 nitrogen and oxygen atoms in total. The second-order valence-electron chi connectivity index (χ2n) is 8.52. The van der Waals surface area contributed by atoms with Crippen LogP contribution in [-0.2, 0) is 14.9 Å². The van der Waals surface area contributed by atoms with Gasteiger partial charge in [0.05, 0.1) is 0 Å². The van der Waals surface area contributed by atoms with Gasteiger partial charge in [-0.05, 0) is 33.6 Å². The molecule has 9 heteroatoms. The molecule has 1 aliphatic carbocycles. The van der Waals surface area contributed by atoms with Crippen LogP contribution in [0, 0.1) is 0 Å². The molecular formula is C18H36N4O4S. The standard InChI is InChI=1S/C18H36N4O4S/c1-18(2,3)26-17(23)22-14-12-21(13-15-22)11-10-19-27(24,25)20(4)16-8-6-5-7-9-16/h16,19H,5-15H2,1-4H3. The van der Waals surface area contributed by atoms with Crippen LogP contribution in [0.3, 0.4) is 0 Å². The Morgan fingerprint density at radius 2 is 1.70 bits per heavy atom. The average Bonchev–Trinajstić information content (AvgIpc) is 2.61. The Kier molecular flexibility index (Phi) is 7.91. The number of piperazine rings is 1. The molecule has 0 spiro atoms. The second kappa shape index (κ2) is 9.54. The largest absolute Gasteiger partial charge is 0.444 e. The first-order valence-corrected chi connectivity index (χ1v) is 11.5. The quantitative estimate of drug-likeness (QED) is 0.728. The minimum Gasteiger partial charge on any atom is -0.444 e. The van der Waals surface area contributed by atoms with Crippen molar-refractivity contribution in [2.24, 2.45) is 0 Å². The van der Waals surface area contributed by atoms with Crippen molar-refractivity contribution < 1.29 is 17.9 Å². The van der Waals surface area contributed by atoms with Crippen LogP contribution < -0.4 is 4.72 Å². The van der Waals surface area contributed by atoms with Crippen LogP contribution in [-0.4, -0.2) is 86.6 Å². The lowest BCUT2D eigenvalue weighted by Crippen LogP contribution is -2.52. The molecule has 0 unspecified atom stereocenters. The van der Waals surface area contributed by atoms with Crippen LogP contribution in [0.5, 0.6) is 0 Å². The van der Waals surface area contributed by atoms with Crippen molar-refractivity contribution in [3.8, 4) is 0 Å². The normalized spacial score (nSPS) is 20.9. The molecule has 2 fully saturated rings. The number of carbonyl (C=O) groups excluding carboxylic acids is 1. The van der Waals surface area contributed by atoms with Gasteiger partial charge in [0.25, 0.3) is 10.2 Å². The maximum absolute atomic E-state index is 12.5. The highest BCUT2D eigenvalue weighted by molar-refractivity contribution is 7.87. The molecule has 2 rings (SSSR count). The van der Waals surface area contributed by atoms with Crippen molar-refractivity contribution >= 4 is 16.3 Å². The third-order valence-electron chi connectivity index (χ3n) is 5.20. The average molecular weight is 405 g/mol. The molecule has 1 saturated heterocycles. The van der Waals surface area contributed by atoms with Gasteiger partial charge in [0.2, 0.25) is 0 Å². The molecule has 0 bridgehead atoms. The van der Waals surface area contributed by atoms with E-state index in [1.165, 1.54) is 10.7 Å². The van der Waals surface area contributed by atoms with Gasteiger partial charge in [0, 0.05) is 52.4 Å². The predicted octanol–water partition coefficient (Wildman–Crippen LogP) is 1.64. The first-order valence-electron chi connectivity index (χ1n) is 10.0.